The van der Waals surface area contributed by atoms with Crippen molar-refractivity contribution in [2.24, 2.45) is 5.73 Å². The van der Waals surface area contributed by atoms with Gasteiger partial charge in [-0.1, -0.05) is 54.6 Å². The van der Waals surface area contributed by atoms with Crippen LogP contribution in [0.5, 0.6) is 0 Å². The number of amides is 1. The number of benzene rings is 2. The second-order valence-electron chi connectivity index (χ2n) is 4.85. The molecule has 0 fully saturated rings. The van der Waals surface area contributed by atoms with Gasteiger partial charge in [0.2, 0.25) is 0 Å². The number of hydrogen-bond donors (Lipinski definition) is 3. The van der Waals surface area contributed by atoms with Crippen molar-refractivity contribution in [1.82, 2.24) is 5.32 Å². The summed E-state index contributed by atoms with van der Waals surface area (Å²) < 4.78 is 5.28. The Hall–Kier alpha value is -2.37. The summed E-state index contributed by atoms with van der Waals surface area (Å²) in [6.45, 7) is 0.393. The smallest absolute Gasteiger partial charge is 0.254 e. The molecule has 1 unspecified atom stereocenters. The summed E-state index contributed by atoms with van der Waals surface area (Å²) >= 11 is 0. The van der Waals surface area contributed by atoms with Crippen LogP contribution in [-0.2, 0) is 16.1 Å². The van der Waals surface area contributed by atoms with Gasteiger partial charge in [-0.15, -0.1) is 12.4 Å². The van der Waals surface area contributed by atoms with Crippen molar-refractivity contribution in [3.05, 3.63) is 71.3 Å². The largest absolute Gasteiger partial charge is 0.384 e. The van der Waals surface area contributed by atoms with Crippen LogP contribution >= 0.6 is 12.4 Å². The number of halogens is 1. The summed E-state index contributed by atoms with van der Waals surface area (Å²) in [6.07, 6.45) is -0.627. The fraction of sp³-hybridized carbons (Fsp3) is 0.176. The van der Waals surface area contributed by atoms with Crippen LogP contribution < -0.4 is 11.1 Å². The van der Waals surface area contributed by atoms with Crippen molar-refractivity contribution in [2.45, 2.75) is 12.6 Å². The van der Waals surface area contributed by atoms with Gasteiger partial charge in [-0.3, -0.25) is 10.2 Å². The average molecular weight is 334 g/mol. The normalized spacial score (nSPS) is 11.2. The molecule has 4 N–H and O–H groups in total. The second-order valence-corrected chi connectivity index (χ2v) is 4.85. The van der Waals surface area contributed by atoms with E-state index in [0.717, 1.165) is 11.1 Å². The number of amidine groups is 1. The maximum absolute atomic E-state index is 12.2. The molecule has 0 aliphatic rings. The molecule has 0 radical (unpaired) electrons. The molecule has 122 valence electrons. The van der Waals surface area contributed by atoms with E-state index in [1.54, 1.807) is 12.1 Å². The number of nitrogens with one attached hydrogen (secondary N) is 2. The summed E-state index contributed by atoms with van der Waals surface area (Å²) in [7, 11) is 1.51. The molecule has 2 aromatic carbocycles. The molecule has 2 rings (SSSR count). The molecule has 6 heteroatoms. The highest BCUT2D eigenvalue weighted by Gasteiger charge is 2.19. The Morgan fingerprint density at radius 2 is 1.78 bits per heavy atom. The van der Waals surface area contributed by atoms with Crippen LogP contribution in [0, 0.1) is 5.41 Å². The van der Waals surface area contributed by atoms with Gasteiger partial charge in [-0.25, -0.2) is 0 Å². The number of nitrogens with two attached hydrogens (primary N) is 1. The Kier molecular flexibility index (Phi) is 7.25. The zero-order valence-corrected chi connectivity index (χ0v) is 13.6. The van der Waals surface area contributed by atoms with Gasteiger partial charge < -0.3 is 15.8 Å². The van der Waals surface area contributed by atoms with Crippen LogP contribution in [-0.4, -0.2) is 18.9 Å². The first kappa shape index (κ1) is 18.7. The highest BCUT2D eigenvalue weighted by atomic mass is 35.5. The van der Waals surface area contributed by atoms with E-state index in [0.29, 0.717) is 12.1 Å². The van der Waals surface area contributed by atoms with E-state index in [1.807, 2.05) is 42.5 Å². The van der Waals surface area contributed by atoms with E-state index in [1.165, 1.54) is 7.11 Å². The van der Waals surface area contributed by atoms with Gasteiger partial charge in [0.05, 0.1) is 0 Å². The molecule has 0 heterocycles. The third kappa shape index (κ3) is 5.09. The van der Waals surface area contributed by atoms with Crippen molar-refractivity contribution in [2.75, 3.05) is 7.11 Å². The Morgan fingerprint density at radius 3 is 2.30 bits per heavy atom. The number of hydrogen-bond acceptors (Lipinski definition) is 3. The maximum Gasteiger partial charge on any atom is 0.254 e. The predicted molar refractivity (Wildman–Crippen MR) is 92.7 cm³/mol. The lowest BCUT2D eigenvalue weighted by Crippen LogP contribution is -2.30. The van der Waals surface area contributed by atoms with Crippen molar-refractivity contribution in [1.29, 1.82) is 5.41 Å². The molecular formula is C17H20ClN3O2. The van der Waals surface area contributed by atoms with Crippen LogP contribution in [0.3, 0.4) is 0 Å². The third-order valence-corrected chi connectivity index (χ3v) is 3.31. The molecule has 0 aromatic heterocycles. The summed E-state index contributed by atoms with van der Waals surface area (Å²) in [6, 6.07) is 16.5. The molecule has 23 heavy (non-hydrogen) atoms. The van der Waals surface area contributed by atoms with E-state index < -0.39 is 6.10 Å². The fourth-order valence-electron chi connectivity index (χ4n) is 2.11. The summed E-state index contributed by atoms with van der Waals surface area (Å²) in [5.41, 5.74) is 7.81. The molecule has 0 aliphatic carbocycles. The zero-order valence-electron chi connectivity index (χ0n) is 12.8. The summed E-state index contributed by atoms with van der Waals surface area (Å²) in [4.78, 5) is 12.2. The number of rotatable bonds is 6. The van der Waals surface area contributed by atoms with Gasteiger partial charge in [0.25, 0.3) is 5.91 Å². The van der Waals surface area contributed by atoms with Crippen LogP contribution in [0.25, 0.3) is 0 Å². The quantitative estimate of drug-likeness (QED) is 0.560. The summed E-state index contributed by atoms with van der Waals surface area (Å²) in [5.74, 6) is -0.163. The first-order chi connectivity index (χ1) is 10.6. The molecule has 0 saturated carbocycles. The van der Waals surface area contributed by atoms with Crippen molar-refractivity contribution < 1.29 is 9.53 Å². The highest BCUT2D eigenvalue weighted by molar-refractivity contribution is 5.94. The molecule has 2 aromatic rings. The van der Waals surface area contributed by atoms with Gasteiger partial charge in [0.1, 0.15) is 5.84 Å². The van der Waals surface area contributed by atoms with Crippen molar-refractivity contribution in [3.63, 3.8) is 0 Å². The SMILES string of the molecule is COC(C(=O)NCc1ccc(C(=N)N)cc1)c1ccccc1.Cl. The van der Waals surface area contributed by atoms with Gasteiger partial charge in [-0.05, 0) is 11.1 Å². The number of nitrogen functional groups attached to an aromatic ring is 1. The van der Waals surface area contributed by atoms with Crippen LogP contribution in [0.15, 0.2) is 54.6 Å². The molecule has 1 amide bonds. The molecule has 0 bridgehead atoms. The molecule has 0 spiro atoms. The minimum atomic E-state index is -0.627. The van der Waals surface area contributed by atoms with Crippen LogP contribution in [0.1, 0.15) is 22.8 Å². The maximum atomic E-state index is 12.2. The van der Waals surface area contributed by atoms with Crippen LogP contribution in [0.4, 0.5) is 0 Å². The molecule has 0 saturated heterocycles. The van der Waals surface area contributed by atoms with Crippen LogP contribution in [0.2, 0.25) is 0 Å². The minimum absolute atomic E-state index is 0. The molecule has 5 nitrogen and oxygen atoms in total. The van der Waals surface area contributed by atoms with E-state index in [9.17, 15) is 4.79 Å². The average Bonchev–Trinajstić information content (AvgIpc) is 2.55. The van der Waals surface area contributed by atoms with E-state index >= 15 is 0 Å². The lowest BCUT2D eigenvalue weighted by atomic mass is 10.1. The minimum Gasteiger partial charge on any atom is -0.384 e. The monoisotopic (exact) mass is 333 g/mol. The van der Waals surface area contributed by atoms with Crippen molar-refractivity contribution in [3.8, 4) is 0 Å². The van der Waals surface area contributed by atoms with Gasteiger partial charge >= 0.3 is 0 Å². The lowest BCUT2D eigenvalue weighted by Gasteiger charge is -2.15. The first-order valence-corrected chi connectivity index (χ1v) is 6.90. The molecule has 1 atom stereocenters. The van der Waals surface area contributed by atoms with E-state index in [-0.39, 0.29) is 24.1 Å². The number of methoxy groups -OCH3 is 1. The van der Waals surface area contributed by atoms with Crippen molar-refractivity contribution >= 4 is 24.1 Å². The number of carbonyl (C=O) groups excluding carboxylic acids is 1. The standard InChI is InChI=1S/C17H19N3O2.ClH/c1-22-15(13-5-3-2-4-6-13)17(21)20-11-12-7-9-14(10-8-12)16(18)19;/h2-10,15H,11H2,1H3,(H3,18,19)(H,20,21);1H. The Morgan fingerprint density at radius 1 is 1.17 bits per heavy atom. The number of ether oxygens (including phenoxy) is 1. The van der Waals surface area contributed by atoms with Gasteiger partial charge in [-0.2, -0.15) is 0 Å². The Labute approximate surface area is 141 Å². The lowest BCUT2D eigenvalue weighted by molar-refractivity contribution is -0.131. The summed E-state index contributed by atoms with van der Waals surface area (Å²) in [5, 5.41) is 10.2. The van der Waals surface area contributed by atoms with Gasteiger partial charge in [0.15, 0.2) is 6.10 Å². The zero-order chi connectivity index (χ0) is 15.9. The Balaban J connectivity index is 0.00000264. The second kappa shape index (κ2) is 8.92. The van der Waals surface area contributed by atoms with E-state index in [2.05, 4.69) is 5.32 Å². The molecule has 0 aliphatic heterocycles. The number of carbonyl (C=O) groups is 1. The molecular weight excluding hydrogens is 314 g/mol. The topological polar surface area (TPSA) is 88.2 Å². The fourth-order valence-corrected chi connectivity index (χ4v) is 2.11. The highest BCUT2D eigenvalue weighted by Crippen LogP contribution is 2.16. The van der Waals surface area contributed by atoms with E-state index in [4.69, 9.17) is 15.9 Å². The predicted octanol–water partition coefficient (Wildman–Crippen LogP) is 2.40. The Bertz CT molecular complexity index is 645. The third-order valence-electron chi connectivity index (χ3n) is 3.31. The first-order valence-electron chi connectivity index (χ1n) is 6.90. The van der Waals surface area contributed by atoms with Gasteiger partial charge in [0, 0.05) is 19.2 Å².